The fourth-order valence-corrected chi connectivity index (χ4v) is 4.74. The topological polar surface area (TPSA) is 81.1 Å². The van der Waals surface area contributed by atoms with Crippen LogP contribution in [-0.4, -0.2) is 30.4 Å². The zero-order valence-corrected chi connectivity index (χ0v) is 18.0. The second-order valence-electron chi connectivity index (χ2n) is 7.89. The Morgan fingerprint density at radius 3 is 2.47 bits per heavy atom. The lowest BCUT2D eigenvalue weighted by Gasteiger charge is -2.08. The van der Waals surface area contributed by atoms with E-state index in [1.54, 1.807) is 12.1 Å². The van der Waals surface area contributed by atoms with Crippen molar-refractivity contribution >= 4 is 15.7 Å². The summed E-state index contributed by atoms with van der Waals surface area (Å²) in [6.07, 6.45) is 4.03. The van der Waals surface area contributed by atoms with Crippen LogP contribution < -0.4 is 5.32 Å². The molecule has 1 aliphatic rings. The molecular weight excluding hydrogens is 398 g/mol. The molecule has 0 fully saturated rings. The second-order valence-corrected chi connectivity index (χ2v) is 10.0. The van der Waals surface area contributed by atoms with Gasteiger partial charge in [-0.3, -0.25) is 4.79 Å². The second kappa shape index (κ2) is 8.07. The summed E-state index contributed by atoms with van der Waals surface area (Å²) in [5.41, 5.74) is 6.45. The van der Waals surface area contributed by atoms with Crippen LogP contribution in [0.15, 0.2) is 48.5 Å². The summed E-state index contributed by atoms with van der Waals surface area (Å²) in [6.45, 7) is 2.41. The first-order chi connectivity index (χ1) is 14.3. The van der Waals surface area contributed by atoms with Crippen LogP contribution in [0.4, 0.5) is 0 Å². The number of nitrogens with one attached hydrogen (secondary N) is 1. The van der Waals surface area contributed by atoms with E-state index in [9.17, 15) is 13.2 Å². The third kappa shape index (κ3) is 4.31. The lowest BCUT2D eigenvalue weighted by Crippen LogP contribution is -2.24. The molecule has 6 nitrogen and oxygen atoms in total. The third-order valence-electron chi connectivity index (χ3n) is 5.39. The normalized spacial score (nSPS) is 13.3. The largest absolute Gasteiger partial charge is 0.347 e. The predicted octanol–water partition coefficient (Wildman–Crippen LogP) is 3.14. The van der Waals surface area contributed by atoms with E-state index in [4.69, 9.17) is 0 Å². The zero-order chi connectivity index (χ0) is 21.3. The molecule has 0 unspecified atom stereocenters. The molecular formula is C23H25N3O3S. The summed E-state index contributed by atoms with van der Waals surface area (Å²) in [4.78, 5) is 12.9. The quantitative estimate of drug-likeness (QED) is 0.660. The first-order valence-corrected chi connectivity index (χ1v) is 12.1. The molecule has 0 saturated carbocycles. The number of benzene rings is 2. The van der Waals surface area contributed by atoms with Gasteiger partial charge in [-0.25, -0.2) is 13.1 Å². The standard InChI is InChI=1S/C23H25N3O3S/c1-16-6-3-4-8-20(16)26-21-9-5-7-19(21)22(25-26)23(27)24-14-17-10-12-18(13-11-17)15-30(2,28)29/h3-4,6,8,10-13H,5,7,9,14-15H2,1-2H3,(H,24,27). The number of aromatic nitrogens is 2. The molecule has 2 aromatic carbocycles. The Labute approximate surface area is 176 Å². The number of fused-ring (bicyclic) bond motifs is 1. The van der Waals surface area contributed by atoms with Gasteiger partial charge in [0, 0.05) is 24.1 Å². The molecule has 7 heteroatoms. The Bertz CT molecular complexity index is 1190. The van der Waals surface area contributed by atoms with Crippen LogP contribution >= 0.6 is 0 Å². The molecule has 3 aromatic rings. The van der Waals surface area contributed by atoms with Gasteiger partial charge in [0.2, 0.25) is 0 Å². The van der Waals surface area contributed by atoms with Crippen LogP contribution in [0.2, 0.25) is 0 Å². The number of aryl methyl sites for hydroxylation is 1. The molecule has 1 aromatic heterocycles. The monoisotopic (exact) mass is 423 g/mol. The molecule has 4 rings (SSSR count). The smallest absolute Gasteiger partial charge is 0.272 e. The molecule has 1 N–H and O–H groups in total. The maximum Gasteiger partial charge on any atom is 0.272 e. The molecule has 1 amide bonds. The van der Waals surface area contributed by atoms with Crippen molar-refractivity contribution in [3.05, 3.63) is 82.2 Å². The lowest BCUT2D eigenvalue weighted by molar-refractivity contribution is 0.0944. The highest BCUT2D eigenvalue weighted by molar-refractivity contribution is 7.89. The van der Waals surface area contributed by atoms with Gasteiger partial charge in [-0.15, -0.1) is 0 Å². The minimum Gasteiger partial charge on any atom is -0.347 e. The van der Waals surface area contributed by atoms with Crippen molar-refractivity contribution in [3.8, 4) is 5.69 Å². The maximum absolute atomic E-state index is 12.9. The highest BCUT2D eigenvalue weighted by Gasteiger charge is 2.27. The van der Waals surface area contributed by atoms with E-state index in [1.807, 2.05) is 48.0 Å². The third-order valence-corrected chi connectivity index (χ3v) is 6.25. The van der Waals surface area contributed by atoms with Crippen LogP contribution in [0.1, 0.15) is 44.9 Å². The number of hydrogen-bond donors (Lipinski definition) is 1. The van der Waals surface area contributed by atoms with E-state index in [-0.39, 0.29) is 11.7 Å². The Hall–Kier alpha value is -2.93. The van der Waals surface area contributed by atoms with Crippen LogP contribution in [0.5, 0.6) is 0 Å². The van der Waals surface area contributed by atoms with Gasteiger partial charge < -0.3 is 5.32 Å². The molecule has 0 aliphatic heterocycles. The van der Waals surface area contributed by atoms with Crippen molar-refractivity contribution in [2.24, 2.45) is 0 Å². The average molecular weight is 424 g/mol. The Morgan fingerprint density at radius 2 is 1.77 bits per heavy atom. The first kappa shape index (κ1) is 20.3. The zero-order valence-electron chi connectivity index (χ0n) is 17.2. The van der Waals surface area contributed by atoms with Crippen molar-refractivity contribution in [3.63, 3.8) is 0 Å². The number of sulfone groups is 1. The number of nitrogens with zero attached hydrogens (tertiary/aromatic N) is 2. The first-order valence-electron chi connectivity index (χ1n) is 10.0. The van der Waals surface area contributed by atoms with Crippen molar-refractivity contribution in [1.82, 2.24) is 15.1 Å². The molecule has 30 heavy (non-hydrogen) atoms. The van der Waals surface area contributed by atoms with Crippen molar-refractivity contribution < 1.29 is 13.2 Å². The van der Waals surface area contributed by atoms with Gasteiger partial charge in [0.15, 0.2) is 15.5 Å². The van der Waals surface area contributed by atoms with Gasteiger partial charge in [0.05, 0.1) is 11.4 Å². The van der Waals surface area contributed by atoms with Crippen molar-refractivity contribution in [1.29, 1.82) is 0 Å². The maximum atomic E-state index is 12.9. The summed E-state index contributed by atoms with van der Waals surface area (Å²) >= 11 is 0. The fourth-order valence-electron chi connectivity index (χ4n) is 3.94. The predicted molar refractivity (Wildman–Crippen MR) is 116 cm³/mol. The molecule has 1 aliphatic carbocycles. The lowest BCUT2D eigenvalue weighted by atomic mass is 10.1. The minimum absolute atomic E-state index is 0.0160. The average Bonchev–Trinajstić information content (AvgIpc) is 3.29. The summed E-state index contributed by atoms with van der Waals surface area (Å²) < 4.78 is 24.7. The Morgan fingerprint density at radius 1 is 1.07 bits per heavy atom. The number of carbonyl (C=O) groups is 1. The van der Waals surface area contributed by atoms with E-state index in [2.05, 4.69) is 10.4 Å². The number of rotatable bonds is 6. The molecule has 1 heterocycles. The molecule has 0 spiro atoms. The highest BCUT2D eigenvalue weighted by atomic mass is 32.2. The molecule has 0 radical (unpaired) electrons. The van der Waals surface area contributed by atoms with Gasteiger partial charge in [0.1, 0.15) is 0 Å². The van der Waals surface area contributed by atoms with Crippen LogP contribution in [0, 0.1) is 6.92 Å². The summed E-state index contributed by atoms with van der Waals surface area (Å²) in [5, 5.41) is 7.63. The molecule has 156 valence electrons. The van der Waals surface area contributed by atoms with E-state index < -0.39 is 9.84 Å². The van der Waals surface area contributed by atoms with Crippen LogP contribution in [0.25, 0.3) is 5.69 Å². The Balaban J connectivity index is 1.51. The fraction of sp³-hybridized carbons (Fsp3) is 0.304. The summed E-state index contributed by atoms with van der Waals surface area (Å²) in [7, 11) is -3.06. The Kier molecular flexibility index (Phi) is 5.47. The van der Waals surface area contributed by atoms with Gasteiger partial charge >= 0.3 is 0 Å². The van der Waals surface area contributed by atoms with Gasteiger partial charge in [-0.1, -0.05) is 42.5 Å². The molecule has 0 atom stereocenters. The SMILES string of the molecule is Cc1ccccc1-n1nc(C(=O)NCc2ccc(CS(C)(=O)=O)cc2)c2c1CCC2. The molecule has 0 saturated heterocycles. The van der Waals surface area contributed by atoms with E-state index in [1.165, 1.54) is 6.26 Å². The highest BCUT2D eigenvalue weighted by Crippen LogP contribution is 2.28. The van der Waals surface area contributed by atoms with E-state index >= 15 is 0 Å². The van der Waals surface area contributed by atoms with Crippen LogP contribution in [0.3, 0.4) is 0 Å². The van der Waals surface area contributed by atoms with Crippen LogP contribution in [-0.2, 0) is 35.0 Å². The number of amides is 1. The van der Waals surface area contributed by atoms with Gasteiger partial charge in [-0.2, -0.15) is 5.10 Å². The van der Waals surface area contributed by atoms with E-state index in [0.717, 1.165) is 52.9 Å². The van der Waals surface area contributed by atoms with Crippen molar-refractivity contribution in [2.75, 3.05) is 6.26 Å². The number of carbonyl (C=O) groups excluding carboxylic acids is 1. The number of hydrogen-bond acceptors (Lipinski definition) is 4. The van der Waals surface area contributed by atoms with Gasteiger partial charge in [0.25, 0.3) is 5.91 Å². The van der Waals surface area contributed by atoms with Crippen molar-refractivity contribution in [2.45, 2.75) is 38.5 Å². The summed E-state index contributed by atoms with van der Waals surface area (Å²) in [6, 6.07) is 15.3. The van der Waals surface area contributed by atoms with Gasteiger partial charge in [-0.05, 0) is 48.9 Å². The number of para-hydroxylation sites is 1. The summed E-state index contributed by atoms with van der Waals surface area (Å²) in [5.74, 6) is -0.164. The van der Waals surface area contributed by atoms with E-state index in [0.29, 0.717) is 12.2 Å². The molecule has 0 bridgehead atoms. The minimum atomic E-state index is -3.06.